The van der Waals surface area contributed by atoms with Gasteiger partial charge in [0.05, 0.1) is 5.75 Å². The molecule has 0 amide bonds. The highest BCUT2D eigenvalue weighted by Crippen LogP contribution is 2.20. The Morgan fingerprint density at radius 1 is 1.26 bits per heavy atom. The molecule has 1 aromatic rings. The van der Waals surface area contributed by atoms with Gasteiger partial charge in [0.15, 0.2) is 0 Å². The standard InChI is InChI=1S/C13H24N2O2S2/c1-4-14-7-5-6-8-19(16,17)15-10-13-9-11(2)12(3)18-13/h9,14-15H,4-8,10H2,1-3H3. The summed E-state index contributed by atoms with van der Waals surface area (Å²) in [4.78, 5) is 2.33. The molecule has 0 radical (unpaired) electrons. The third-order valence-corrected chi connectivity index (χ3v) is 5.51. The van der Waals surface area contributed by atoms with Gasteiger partial charge in [-0.15, -0.1) is 11.3 Å². The lowest BCUT2D eigenvalue weighted by Crippen LogP contribution is -2.26. The van der Waals surface area contributed by atoms with Crippen molar-refractivity contribution in [3.63, 3.8) is 0 Å². The van der Waals surface area contributed by atoms with Crippen LogP contribution in [0.4, 0.5) is 0 Å². The molecule has 1 aromatic heterocycles. The third kappa shape index (κ3) is 6.51. The Bertz CT molecular complexity index is 461. The second kappa shape index (κ2) is 7.99. The highest BCUT2D eigenvalue weighted by Gasteiger charge is 2.10. The van der Waals surface area contributed by atoms with Crippen molar-refractivity contribution in [2.45, 2.75) is 40.2 Å². The van der Waals surface area contributed by atoms with E-state index in [9.17, 15) is 8.42 Å². The van der Waals surface area contributed by atoms with Crippen LogP contribution in [0.5, 0.6) is 0 Å². The molecule has 0 bridgehead atoms. The molecule has 1 heterocycles. The van der Waals surface area contributed by atoms with Crippen molar-refractivity contribution in [1.82, 2.24) is 10.0 Å². The van der Waals surface area contributed by atoms with Crippen LogP contribution in [0, 0.1) is 13.8 Å². The number of thiophene rings is 1. The fourth-order valence-corrected chi connectivity index (χ4v) is 3.90. The van der Waals surface area contributed by atoms with Gasteiger partial charge >= 0.3 is 0 Å². The monoisotopic (exact) mass is 304 g/mol. The van der Waals surface area contributed by atoms with Crippen molar-refractivity contribution in [1.29, 1.82) is 0 Å². The van der Waals surface area contributed by atoms with Crippen molar-refractivity contribution in [3.05, 3.63) is 21.4 Å². The number of nitrogens with one attached hydrogen (secondary N) is 2. The van der Waals surface area contributed by atoms with E-state index in [4.69, 9.17) is 0 Å². The minimum absolute atomic E-state index is 0.210. The Balaban J connectivity index is 2.30. The van der Waals surface area contributed by atoms with E-state index in [2.05, 4.69) is 17.0 Å². The number of aryl methyl sites for hydroxylation is 2. The Kier molecular flexibility index (Phi) is 6.99. The van der Waals surface area contributed by atoms with Gasteiger partial charge in [-0.25, -0.2) is 13.1 Å². The summed E-state index contributed by atoms with van der Waals surface area (Å²) in [6, 6.07) is 2.05. The fourth-order valence-electron chi connectivity index (χ4n) is 1.71. The minimum Gasteiger partial charge on any atom is -0.317 e. The maximum Gasteiger partial charge on any atom is 0.211 e. The zero-order chi connectivity index (χ0) is 14.3. The largest absolute Gasteiger partial charge is 0.317 e. The first-order chi connectivity index (χ1) is 8.94. The minimum atomic E-state index is -3.14. The highest BCUT2D eigenvalue weighted by molar-refractivity contribution is 7.89. The summed E-state index contributed by atoms with van der Waals surface area (Å²) >= 11 is 1.65. The molecule has 0 aliphatic heterocycles. The molecular weight excluding hydrogens is 280 g/mol. The molecule has 4 nitrogen and oxygen atoms in total. The Morgan fingerprint density at radius 3 is 2.58 bits per heavy atom. The maximum absolute atomic E-state index is 11.8. The van der Waals surface area contributed by atoms with Crippen LogP contribution in [0.3, 0.4) is 0 Å². The Labute approximate surface area is 120 Å². The molecule has 0 unspecified atom stereocenters. The van der Waals surface area contributed by atoms with Crippen LogP contribution in [0.2, 0.25) is 0 Å². The molecule has 0 atom stereocenters. The van der Waals surface area contributed by atoms with Crippen LogP contribution >= 0.6 is 11.3 Å². The molecule has 0 saturated carbocycles. The predicted molar refractivity (Wildman–Crippen MR) is 82.2 cm³/mol. The van der Waals surface area contributed by atoms with Gasteiger partial charge in [0.2, 0.25) is 10.0 Å². The van der Waals surface area contributed by atoms with Crippen molar-refractivity contribution in [2.75, 3.05) is 18.8 Å². The first-order valence-corrected chi connectivity index (χ1v) is 9.15. The number of sulfonamides is 1. The SMILES string of the molecule is CCNCCCCS(=O)(=O)NCc1cc(C)c(C)s1. The number of unbranched alkanes of at least 4 members (excludes halogenated alkanes) is 1. The molecule has 0 saturated heterocycles. The van der Waals surface area contributed by atoms with E-state index >= 15 is 0 Å². The number of hydrogen-bond acceptors (Lipinski definition) is 4. The number of rotatable bonds is 9. The molecule has 1 rings (SSSR count). The van der Waals surface area contributed by atoms with E-state index in [-0.39, 0.29) is 5.75 Å². The third-order valence-electron chi connectivity index (χ3n) is 2.95. The van der Waals surface area contributed by atoms with Crippen LogP contribution in [0.25, 0.3) is 0 Å². The summed E-state index contributed by atoms with van der Waals surface area (Å²) in [5, 5.41) is 3.19. The number of hydrogen-bond donors (Lipinski definition) is 2. The van der Waals surface area contributed by atoms with Gasteiger partial charge < -0.3 is 5.32 Å². The van der Waals surface area contributed by atoms with Crippen molar-refractivity contribution >= 4 is 21.4 Å². The smallest absolute Gasteiger partial charge is 0.211 e. The van der Waals surface area contributed by atoms with Gasteiger partial charge in [0.25, 0.3) is 0 Å². The lowest BCUT2D eigenvalue weighted by molar-refractivity contribution is 0.574. The summed E-state index contributed by atoms with van der Waals surface area (Å²) in [6.45, 7) is 8.37. The zero-order valence-electron chi connectivity index (χ0n) is 12.0. The lowest BCUT2D eigenvalue weighted by Gasteiger charge is -2.05. The van der Waals surface area contributed by atoms with Gasteiger partial charge in [-0.2, -0.15) is 0 Å². The molecule has 0 aromatic carbocycles. The first-order valence-electron chi connectivity index (χ1n) is 6.68. The van der Waals surface area contributed by atoms with E-state index in [1.54, 1.807) is 11.3 Å². The predicted octanol–water partition coefficient (Wildman–Crippen LogP) is 2.17. The highest BCUT2D eigenvalue weighted by atomic mass is 32.2. The summed E-state index contributed by atoms with van der Waals surface area (Å²) in [7, 11) is -3.14. The molecule has 2 N–H and O–H groups in total. The first kappa shape index (κ1) is 16.6. The lowest BCUT2D eigenvalue weighted by atomic mass is 10.3. The van der Waals surface area contributed by atoms with E-state index in [1.807, 2.05) is 19.9 Å². The van der Waals surface area contributed by atoms with Gasteiger partial charge in [0, 0.05) is 16.3 Å². The average molecular weight is 304 g/mol. The molecule has 0 fully saturated rings. The van der Waals surface area contributed by atoms with Gasteiger partial charge in [-0.05, 0) is 51.4 Å². The normalized spacial score (nSPS) is 11.9. The van der Waals surface area contributed by atoms with Gasteiger partial charge in [0.1, 0.15) is 0 Å². The van der Waals surface area contributed by atoms with E-state index in [1.165, 1.54) is 10.4 Å². The van der Waals surface area contributed by atoms with Crippen LogP contribution in [-0.4, -0.2) is 27.3 Å². The second-order valence-electron chi connectivity index (χ2n) is 4.65. The van der Waals surface area contributed by atoms with Crippen molar-refractivity contribution in [2.24, 2.45) is 0 Å². The van der Waals surface area contributed by atoms with Crippen molar-refractivity contribution in [3.8, 4) is 0 Å². The quantitative estimate of drug-likeness (QED) is 0.688. The van der Waals surface area contributed by atoms with E-state index in [0.717, 1.165) is 24.4 Å². The van der Waals surface area contributed by atoms with Crippen LogP contribution in [0.1, 0.15) is 35.1 Å². The summed E-state index contributed by atoms with van der Waals surface area (Å²) in [5.41, 5.74) is 1.23. The van der Waals surface area contributed by atoms with Crippen LogP contribution < -0.4 is 10.0 Å². The Morgan fingerprint density at radius 2 is 2.00 bits per heavy atom. The zero-order valence-corrected chi connectivity index (χ0v) is 13.6. The summed E-state index contributed by atoms with van der Waals surface area (Å²) in [6.07, 6.45) is 1.59. The topological polar surface area (TPSA) is 58.2 Å². The van der Waals surface area contributed by atoms with Crippen LogP contribution in [-0.2, 0) is 16.6 Å². The molecule has 6 heteroatoms. The molecule has 0 spiro atoms. The van der Waals surface area contributed by atoms with Gasteiger partial charge in [-0.1, -0.05) is 6.92 Å². The van der Waals surface area contributed by atoms with Gasteiger partial charge in [-0.3, -0.25) is 0 Å². The van der Waals surface area contributed by atoms with E-state index in [0.29, 0.717) is 13.0 Å². The fraction of sp³-hybridized carbons (Fsp3) is 0.692. The molecule has 0 aliphatic rings. The molecular formula is C13H24N2O2S2. The summed E-state index contributed by atoms with van der Waals surface area (Å²) < 4.78 is 26.3. The van der Waals surface area contributed by atoms with E-state index < -0.39 is 10.0 Å². The van der Waals surface area contributed by atoms with Crippen molar-refractivity contribution < 1.29 is 8.42 Å². The molecule has 19 heavy (non-hydrogen) atoms. The molecule has 110 valence electrons. The average Bonchev–Trinajstić information content (AvgIpc) is 2.66. The van der Waals surface area contributed by atoms with Crippen LogP contribution in [0.15, 0.2) is 6.07 Å². The second-order valence-corrected chi connectivity index (χ2v) is 7.92. The molecule has 0 aliphatic carbocycles. The maximum atomic E-state index is 11.8. The summed E-state index contributed by atoms with van der Waals surface area (Å²) in [5.74, 6) is 0.210. The Hall–Kier alpha value is -0.430.